The van der Waals surface area contributed by atoms with Crippen LogP contribution in [0.15, 0.2) is 206 Å². The summed E-state index contributed by atoms with van der Waals surface area (Å²) in [5.41, 5.74) is 3.54. The first-order valence-corrected chi connectivity index (χ1v) is 27.7. The number of phenols is 1. The van der Waals surface area contributed by atoms with E-state index in [0.717, 1.165) is 33.9 Å². The summed E-state index contributed by atoms with van der Waals surface area (Å²) < 4.78 is 108. The van der Waals surface area contributed by atoms with Crippen LogP contribution in [0.1, 0.15) is 65.2 Å². The Kier molecular flexibility index (Phi) is 14.0. The van der Waals surface area contributed by atoms with Crippen molar-refractivity contribution in [2.24, 2.45) is 0 Å². The fourth-order valence-electron chi connectivity index (χ4n) is 8.25. The van der Waals surface area contributed by atoms with Gasteiger partial charge >= 0.3 is 0 Å². The first-order valence-electron chi connectivity index (χ1n) is 23.3. The maximum Gasteiger partial charge on any atom is 0.294 e. The summed E-state index contributed by atoms with van der Waals surface area (Å²) in [6.07, 6.45) is 0. The molecule has 0 aliphatic heterocycles. The third kappa shape index (κ3) is 11.2. The van der Waals surface area contributed by atoms with Crippen molar-refractivity contribution in [3.63, 3.8) is 0 Å². The van der Waals surface area contributed by atoms with E-state index in [1.807, 2.05) is 111 Å². The highest BCUT2D eigenvalue weighted by Crippen LogP contribution is 2.40. The second kappa shape index (κ2) is 19.7. The maximum absolute atomic E-state index is 13.7. The summed E-state index contributed by atoms with van der Waals surface area (Å²) in [7, 11) is -12.7. The van der Waals surface area contributed by atoms with Crippen LogP contribution < -0.4 is 14.2 Å². The zero-order valence-electron chi connectivity index (χ0n) is 41.6. The first-order chi connectivity index (χ1) is 34.2. The highest BCUT2D eigenvalue weighted by Gasteiger charge is 2.41. The van der Waals surface area contributed by atoms with E-state index in [9.17, 15) is 34.9 Å². The van der Waals surface area contributed by atoms with Gasteiger partial charge in [-0.15, -0.1) is 0 Å². The van der Waals surface area contributed by atoms with Gasteiger partial charge in [-0.25, -0.2) is 16.8 Å². The fraction of sp³-hybridized carbons (Fsp3) is 0.186. The molecule has 0 aliphatic carbocycles. The molecule has 14 heteroatoms. The Morgan fingerprint density at radius 2 is 0.808 bits per heavy atom. The molecule has 0 saturated carbocycles. The number of aryl methyl sites for hydroxylation is 1. The number of ether oxygens (including phenoxy) is 3. The lowest BCUT2D eigenvalue weighted by molar-refractivity contribution is 0.0357. The Morgan fingerprint density at radius 1 is 0.425 bits per heavy atom. The minimum atomic E-state index is -4.70. The molecular formula is C59H56O11S3. The lowest BCUT2D eigenvalue weighted by Crippen LogP contribution is -2.47. The molecule has 376 valence electrons. The van der Waals surface area contributed by atoms with E-state index in [-0.39, 0.29) is 25.3 Å². The van der Waals surface area contributed by atoms with Gasteiger partial charge in [0.2, 0.25) is 19.7 Å². The molecule has 73 heavy (non-hydrogen) atoms. The average Bonchev–Trinajstić information content (AvgIpc) is 3.35. The van der Waals surface area contributed by atoms with Crippen LogP contribution in [0.5, 0.6) is 34.5 Å². The van der Waals surface area contributed by atoms with E-state index < -0.39 is 51.1 Å². The average molecular weight is 1040 g/mol. The van der Waals surface area contributed by atoms with Crippen molar-refractivity contribution in [3.8, 4) is 56.8 Å². The Balaban J connectivity index is 0.879. The number of aromatic hydroxyl groups is 1. The third-order valence-corrected chi connectivity index (χ3v) is 17.7. The van der Waals surface area contributed by atoms with Gasteiger partial charge in [-0.3, -0.25) is 4.55 Å². The number of hydrogen-bond donors (Lipinski definition) is 2. The van der Waals surface area contributed by atoms with Crippen LogP contribution in [-0.4, -0.2) is 40.5 Å². The van der Waals surface area contributed by atoms with Gasteiger partial charge in [0.15, 0.2) is 0 Å². The highest BCUT2D eigenvalue weighted by molar-refractivity contribution is 7.92. The number of phenolic OH excluding ortho intramolecular Hbond substituents is 1. The SMILES string of the molecule is Cc1cc(S(=O)(=O)c2ccc(C(C)(C)C)c(S(=O)(=O)O)c2)ccc1Oc1ccc(-c2ccc(OC(C)(C)C(C)(C)c3ccc(S(=O)(=O)c4ccc(Oc5ccc(-c6ccc(O)cc6)cc5)cc4)cc3)cc2)cc1. The van der Waals surface area contributed by atoms with E-state index in [1.54, 1.807) is 70.2 Å². The first kappa shape index (κ1) is 52.1. The molecule has 8 aromatic rings. The van der Waals surface area contributed by atoms with Gasteiger partial charge in [-0.05, 0) is 180 Å². The van der Waals surface area contributed by atoms with E-state index in [1.165, 1.54) is 36.4 Å². The Labute approximate surface area is 428 Å². The summed E-state index contributed by atoms with van der Waals surface area (Å²) in [5, 5.41) is 9.58. The largest absolute Gasteiger partial charge is 0.508 e. The highest BCUT2D eigenvalue weighted by atomic mass is 32.2. The van der Waals surface area contributed by atoms with Crippen molar-refractivity contribution in [2.75, 3.05) is 0 Å². The van der Waals surface area contributed by atoms with Gasteiger partial charge in [0.25, 0.3) is 10.1 Å². The topological polar surface area (TPSA) is 171 Å². The summed E-state index contributed by atoms with van der Waals surface area (Å²) >= 11 is 0. The zero-order valence-corrected chi connectivity index (χ0v) is 44.1. The molecule has 8 aromatic carbocycles. The molecular weight excluding hydrogens is 981 g/mol. The third-order valence-electron chi connectivity index (χ3n) is 13.3. The number of hydrogen-bond acceptors (Lipinski definition) is 10. The van der Waals surface area contributed by atoms with E-state index in [0.29, 0.717) is 39.9 Å². The fourth-order valence-corrected chi connectivity index (χ4v) is 11.9. The minimum Gasteiger partial charge on any atom is -0.508 e. The van der Waals surface area contributed by atoms with E-state index in [4.69, 9.17) is 14.2 Å². The Hall–Kier alpha value is -7.23. The molecule has 0 aromatic heterocycles. The van der Waals surface area contributed by atoms with Crippen molar-refractivity contribution in [3.05, 3.63) is 199 Å². The van der Waals surface area contributed by atoms with Crippen LogP contribution in [0.3, 0.4) is 0 Å². The molecule has 0 bridgehead atoms. The van der Waals surface area contributed by atoms with Crippen LogP contribution in [-0.2, 0) is 40.6 Å². The minimum absolute atomic E-state index is 0.0571. The van der Waals surface area contributed by atoms with Gasteiger partial charge in [0, 0.05) is 5.41 Å². The number of rotatable bonds is 15. The summed E-state index contributed by atoms with van der Waals surface area (Å²) in [4.78, 5) is -0.463. The Bertz CT molecular complexity index is 3640. The standard InChI is InChI=1S/C59H56O11S3/c1-39-37-52(72(63,64)53-33-35-54(57(2,3)4)56(38-53)73(65,66)67)34-36-55(39)69-48-23-13-42(14-24-48)43-15-25-49(26-16-43)70-59(7,8)58(5,6)44-17-29-50(30-18-44)71(61,62)51-31-27-47(28-32-51)68-46-21-11-41(12-22-46)40-9-19-45(60)20-10-40/h9-38,60H,1-8H3,(H,65,66,67). The molecule has 0 saturated heterocycles. The predicted molar refractivity (Wildman–Crippen MR) is 283 cm³/mol. The summed E-state index contributed by atoms with van der Waals surface area (Å²) in [5.74, 6) is 2.90. The van der Waals surface area contributed by atoms with E-state index in [2.05, 4.69) is 13.8 Å². The van der Waals surface area contributed by atoms with Crippen LogP contribution in [0.4, 0.5) is 0 Å². The molecule has 0 fully saturated rings. The van der Waals surface area contributed by atoms with Gasteiger partial charge in [-0.2, -0.15) is 8.42 Å². The second-order valence-corrected chi connectivity index (χ2v) is 25.2. The second-order valence-electron chi connectivity index (χ2n) is 19.9. The molecule has 0 atom stereocenters. The molecule has 0 aliphatic rings. The molecule has 11 nitrogen and oxygen atoms in total. The summed E-state index contributed by atoms with van der Waals surface area (Å²) in [6, 6.07) is 51.0. The van der Waals surface area contributed by atoms with Crippen molar-refractivity contribution < 1.29 is 49.1 Å². The molecule has 0 amide bonds. The quantitative estimate of drug-likeness (QED) is 0.0937. The summed E-state index contributed by atoms with van der Waals surface area (Å²) in [6.45, 7) is 15.1. The predicted octanol–water partition coefficient (Wildman–Crippen LogP) is 14.0. The van der Waals surface area contributed by atoms with Crippen molar-refractivity contribution in [1.29, 1.82) is 0 Å². The Morgan fingerprint density at radius 3 is 1.27 bits per heavy atom. The lowest BCUT2D eigenvalue weighted by Gasteiger charge is -2.42. The monoisotopic (exact) mass is 1040 g/mol. The number of benzene rings is 8. The van der Waals surface area contributed by atoms with Crippen molar-refractivity contribution in [1.82, 2.24) is 0 Å². The van der Waals surface area contributed by atoms with Crippen LogP contribution in [0.2, 0.25) is 0 Å². The van der Waals surface area contributed by atoms with E-state index >= 15 is 0 Å². The molecule has 0 unspecified atom stereocenters. The van der Waals surface area contributed by atoms with Crippen molar-refractivity contribution in [2.45, 2.75) is 96.3 Å². The number of sulfone groups is 2. The molecule has 0 spiro atoms. The van der Waals surface area contributed by atoms with Gasteiger partial charge in [-0.1, -0.05) is 101 Å². The molecule has 2 N–H and O–H groups in total. The smallest absolute Gasteiger partial charge is 0.294 e. The van der Waals surface area contributed by atoms with Crippen LogP contribution in [0, 0.1) is 6.92 Å². The van der Waals surface area contributed by atoms with Crippen molar-refractivity contribution >= 4 is 29.8 Å². The van der Waals surface area contributed by atoms with Gasteiger partial charge < -0.3 is 19.3 Å². The molecule has 0 heterocycles. The van der Waals surface area contributed by atoms with Gasteiger partial charge in [0.05, 0.1) is 24.5 Å². The maximum atomic E-state index is 13.7. The van der Waals surface area contributed by atoms with Crippen LogP contribution in [0.25, 0.3) is 22.3 Å². The molecule has 0 radical (unpaired) electrons. The lowest BCUT2D eigenvalue weighted by atomic mass is 9.72. The van der Waals surface area contributed by atoms with Gasteiger partial charge in [0.1, 0.15) is 40.1 Å². The zero-order chi connectivity index (χ0) is 52.7. The normalized spacial score (nSPS) is 12.6. The molecule has 8 rings (SSSR count). The van der Waals surface area contributed by atoms with Crippen LogP contribution >= 0.6 is 0 Å².